The molecule has 1 unspecified atom stereocenters. The summed E-state index contributed by atoms with van der Waals surface area (Å²) in [6.45, 7) is 0.746. The van der Waals surface area contributed by atoms with Crippen molar-refractivity contribution in [3.05, 3.63) is 90.0 Å². The molecule has 3 aromatic rings. The maximum atomic E-state index is 12.8. The molecule has 0 fully saturated rings. The molecule has 2 amide bonds. The van der Waals surface area contributed by atoms with Crippen molar-refractivity contribution in [2.75, 3.05) is 44.9 Å². The van der Waals surface area contributed by atoms with Gasteiger partial charge in [-0.25, -0.2) is 0 Å². The monoisotopic (exact) mass is 446 g/mol. The van der Waals surface area contributed by atoms with Gasteiger partial charge in [-0.2, -0.15) is 0 Å². The van der Waals surface area contributed by atoms with Crippen LogP contribution in [0.3, 0.4) is 0 Å². The van der Waals surface area contributed by atoms with Gasteiger partial charge in [-0.15, -0.1) is 0 Å². The average molecular weight is 447 g/mol. The van der Waals surface area contributed by atoms with Crippen molar-refractivity contribution in [1.29, 1.82) is 0 Å². The number of hydrogen-bond acceptors (Lipinski definition) is 5. The molecule has 0 saturated carbocycles. The van der Waals surface area contributed by atoms with Crippen LogP contribution >= 0.6 is 0 Å². The van der Waals surface area contributed by atoms with Gasteiger partial charge in [0, 0.05) is 18.3 Å². The van der Waals surface area contributed by atoms with Crippen LogP contribution in [0, 0.1) is 0 Å². The van der Waals surface area contributed by atoms with Gasteiger partial charge in [-0.05, 0) is 56.1 Å². The summed E-state index contributed by atoms with van der Waals surface area (Å²) in [5, 5.41) is 8.91. The normalized spacial score (nSPS) is 11.6. The number of hydrogen-bond donors (Lipinski definition) is 3. The Morgan fingerprint density at radius 3 is 2.21 bits per heavy atom. The van der Waals surface area contributed by atoms with E-state index in [9.17, 15) is 9.59 Å². The number of methoxy groups -OCH3 is 1. The fourth-order valence-electron chi connectivity index (χ4n) is 3.45. The molecule has 3 aromatic carbocycles. The van der Waals surface area contributed by atoms with Gasteiger partial charge < -0.3 is 25.6 Å². The Kier molecular flexibility index (Phi) is 8.57. The Labute approximate surface area is 194 Å². The predicted octanol–water partition coefficient (Wildman–Crippen LogP) is 3.78. The first kappa shape index (κ1) is 24.0. The Morgan fingerprint density at radius 2 is 1.55 bits per heavy atom. The summed E-state index contributed by atoms with van der Waals surface area (Å²) >= 11 is 0. The fourth-order valence-corrected chi connectivity index (χ4v) is 3.45. The number of likely N-dealkylation sites (N-methyl/N-ethyl adjacent to an activating group) is 1. The minimum atomic E-state index is -0.305. The molecule has 0 aliphatic heterocycles. The van der Waals surface area contributed by atoms with E-state index in [1.165, 1.54) is 5.56 Å². The highest BCUT2D eigenvalue weighted by atomic mass is 16.5. The third-order valence-corrected chi connectivity index (χ3v) is 5.22. The minimum absolute atomic E-state index is 0.131. The second-order valence-electron chi connectivity index (χ2n) is 7.80. The largest absolute Gasteiger partial charge is 0.497 e. The number of para-hydroxylation sites is 1. The van der Waals surface area contributed by atoms with Crippen molar-refractivity contribution >= 4 is 23.2 Å². The number of rotatable bonds is 10. The summed E-state index contributed by atoms with van der Waals surface area (Å²) in [5.41, 5.74) is 2.66. The highest BCUT2D eigenvalue weighted by Crippen LogP contribution is 2.20. The summed E-state index contributed by atoms with van der Waals surface area (Å²) in [5.74, 6) is 0.183. The SMILES string of the molecule is COc1ccc(NC(=O)c2ccccc2NC(=O)CNCC(c2ccccc2)N(C)C)cc1. The van der Waals surface area contributed by atoms with Gasteiger partial charge in [-0.3, -0.25) is 9.59 Å². The smallest absolute Gasteiger partial charge is 0.257 e. The molecule has 0 aliphatic carbocycles. The molecule has 0 bridgehead atoms. The zero-order valence-corrected chi connectivity index (χ0v) is 19.2. The summed E-state index contributed by atoms with van der Waals surface area (Å²) in [6, 6.07) is 24.3. The molecule has 172 valence electrons. The summed E-state index contributed by atoms with van der Waals surface area (Å²) in [6.07, 6.45) is 0. The van der Waals surface area contributed by atoms with Crippen LogP contribution in [-0.2, 0) is 4.79 Å². The van der Waals surface area contributed by atoms with Crippen LogP contribution in [0.1, 0.15) is 22.0 Å². The van der Waals surface area contributed by atoms with Crippen molar-refractivity contribution < 1.29 is 14.3 Å². The molecule has 7 nitrogen and oxygen atoms in total. The van der Waals surface area contributed by atoms with E-state index in [4.69, 9.17) is 4.74 Å². The third kappa shape index (κ3) is 6.90. The second-order valence-corrected chi connectivity index (χ2v) is 7.80. The maximum Gasteiger partial charge on any atom is 0.257 e. The number of ether oxygens (including phenoxy) is 1. The Balaban J connectivity index is 1.58. The van der Waals surface area contributed by atoms with Crippen molar-refractivity contribution in [2.24, 2.45) is 0 Å². The van der Waals surface area contributed by atoms with E-state index in [0.29, 0.717) is 29.2 Å². The lowest BCUT2D eigenvalue weighted by Gasteiger charge is -2.25. The lowest BCUT2D eigenvalue weighted by molar-refractivity contribution is -0.115. The lowest BCUT2D eigenvalue weighted by atomic mass is 10.1. The van der Waals surface area contributed by atoms with Crippen LogP contribution < -0.4 is 20.7 Å². The molecule has 7 heteroatoms. The first-order valence-corrected chi connectivity index (χ1v) is 10.7. The molecule has 0 saturated heterocycles. The van der Waals surface area contributed by atoms with Crippen LogP contribution in [0.25, 0.3) is 0 Å². The van der Waals surface area contributed by atoms with Gasteiger partial charge in [0.15, 0.2) is 0 Å². The number of anilines is 2. The highest BCUT2D eigenvalue weighted by Gasteiger charge is 2.16. The van der Waals surface area contributed by atoms with E-state index in [2.05, 4.69) is 33.0 Å². The number of amides is 2. The van der Waals surface area contributed by atoms with E-state index in [1.54, 1.807) is 55.6 Å². The molecule has 0 aromatic heterocycles. The molecular formula is C26H30N4O3. The Hall–Kier alpha value is -3.68. The number of benzene rings is 3. The number of nitrogens with one attached hydrogen (secondary N) is 3. The molecule has 3 N–H and O–H groups in total. The van der Waals surface area contributed by atoms with Crippen LogP contribution in [0.15, 0.2) is 78.9 Å². The first-order valence-electron chi connectivity index (χ1n) is 10.7. The molecular weight excluding hydrogens is 416 g/mol. The van der Waals surface area contributed by atoms with Gasteiger partial charge in [-0.1, -0.05) is 42.5 Å². The highest BCUT2D eigenvalue weighted by molar-refractivity contribution is 6.10. The van der Waals surface area contributed by atoms with E-state index in [0.717, 1.165) is 0 Å². The summed E-state index contributed by atoms with van der Waals surface area (Å²) in [4.78, 5) is 27.5. The van der Waals surface area contributed by atoms with Gasteiger partial charge in [0.1, 0.15) is 5.75 Å². The number of carbonyl (C=O) groups excluding carboxylic acids is 2. The van der Waals surface area contributed by atoms with E-state index < -0.39 is 0 Å². The molecule has 33 heavy (non-hydrogen) atoms. The van der Waals surface area contributed by atoms with E-state index >= 15 is 0 Å². The van der Waals surface area contributed by atoms with E-state index in [-0.39, 0.29) is 24.4 Å². The van der Waals surface area contributed by atoms with Gasteiger partial charge in [0.25, 0.3) is 5.91 Å². The molecule has 0 heterocycles. The van der Waals surface area contributed by atoms with Crippen molar-refractivity contribution in [2.45, 2.75) is 6.04 Å². The molecule has 0 radical (unpaired) electrons. The topological polar surface area (TPSA) is 82.7 Å². The van der Waals surface area contributed by atoms with E-state index in [1.807, 2.05) is 32.3 Å². The summed E-state index contributed by atoms with van der Waals surface area (Å²) in [7, 11) is 5.61. The fraction of sp³-hybridized carbons (Fsp3) is 0.231. The van der Waals surface area contributed by atoms with Crippen LogP contribution in [-0.4, -0.2) is 51.0 Å². The third-order valence-electron chi connectivity index (χ3n) is 5.22. The molecule has 0 aliphatic rings. The summed E-state index contributed by atoms with van der Waals surface area (Å²) < 4.78 is 5.14. The Morgan fingerprint density at radius 1 is 0.879 bits per heavy atom. The molecule has 3 rings (SSSR count). The standard InChI is InChI=1S/C26H30N4O3/c1-30(2)24(19-9-5-4-6-10-19)17-27-18-25(31)29-23-12-8-7-11-22(23)26(32)28-20-13-15-21(33-3)16-14-20/h4-16,24,27H,17-18H2,1-3H3,(H,28,32)(H,29,31). The van der Waals surface area contributed by atoms with Crippen molar-refractivity contribution in [1.82, 2.24) is 10.2 Å². The number of carbonyl (C=O) groups is 2. The second kappa shape index (κ2) is 11.8. The van der Waals surface area contributed by atoms with Crippen LogP contribution in [0.2, 0.25) is 0 Å². The minimum Gasteiger partial charge on any atom is -0.497 e. The van der Waals surface area contributed by atoms with Crippen molar-refractivity contribution in [3.8, 4) is 5.75 Å². The van der Waals surface area contributed by atoms with Crippen LogP contribution in [0.4, 0.5) is 11.4 Å². The maximum absolute atomic E-state index is 12.8. The van der Waals surface area contributed by atoms with Gasteiger partial charge >= 0.3 is 0 Å². The van der Waals surface area contributed by atoms with Crippen LogP contribution in [0.5, 0.6) is 5.75 Å². The Bertz CT molecular complexity index is 1050. The van der Waals surface area contributed by atoms with Gasteiger partial charge in [0.2, 0.25) is 5.91 Å². The predicted molar refractivity (Wildman–Crippen MR) is 132 cm³/mol. The zero-order valence-electron chi connectivity index (χ0n) is 19.2. The average Bonchev–Trinajstić information content (AvgIpc) is 2.83. The number of nitrogens with zero attached hydrogens (tertiary/aromatic N) is 1. The quantitative estimate of drug-likeness (QED) is 0.442. The zero-order chi connectivity index (χ0) is 23.6. The van der Waals surface area contributed by atoms with Gasteiger partial charge in [0.05, 0.1) is 24.9 Å². The lowest BCUT2D eigenvalue weighted by Crippen LogP contribution is -2.35. The first-order chi connectivity index (χ1) is 16.0. The molecule has 0 spiro atoms. The van der Waals surface area contributed by atoms with Crippen molar-refractivity contribution in [3.63, 3.8) is 0 Å². The molecule has 1 atom stereocenters.